The van der Waals surface area contributed by atoms with Crippen molar-refractivity contribution in [3.8, 4) is 5.75 Å². The van der Waals surface area contributed by atoms with E-state index in [1.807, 2.05) is 13.0 Å². The molecule has 2 unspecified atom stereocenters. The highest BCUT2D eigenvalue weighted by Gasteiger charge is 2.40. The van der Waals surface area contributed by atoms with Crippen LogP contribution in [0.25, 0.3) is 0 Å². The molecule has 1 fully saturated rings. The number of sulfone groups is 1. The summed E-state index contributed by atoms with van der Waals surface area (Å²) < 4.78 is 44.8. The molecule has 2 aromatic rings. The van der Waals surface area contributed by atoms with Gasteiger partial charge in [0, 0.05) is 11.8 Å². The van der Waals surface area contributed by atoms with E-state index in [9.17, 15) is 12.8 Å². The SMILES string of the molecule is Cc1cc(F)c2c(c1)C(Oc1ccc(S(C)(=O)=O)c(C)c1)C(N1CCCC1)C2. The number of ether oxygens (including phenoxy) is 1. The van der Waals surface area contributed by atoms with E-state index < -0.39 is 9.84 Å². The Morgan fingerprint density at radius 3 is 2.46 bits per heavy atom. The van der Waals surface area contributed by atoms with E-state index in [1.54, 1.807) is 31.2 Å². The predicted molar refractivity (Wildman–Crippen MR) is 107 cm³/mol. The molecule has 0 radical (unpaired) electrons. The van der Waals surface area contributed by atoms with Crippen LogP contribution in [0.4, 0.5) is 4.39 Å². The summed E-state index contributed by atoms with van der Waals surface area (Å²) in [6.07, 6.45) is 3.91. The van der Waals surface area contributed by atoms with Gasteiger partial charge in [0.15, 0.2) is 9.84 Å². The van der Waals surface area contributed by atoms with E-state index in [0.717, 1.165) is 42.6 Å². The summed E-state index contributed by atoms with van der Waals surface area (Å²) in [6, 6.07) is 8.78. The predicted octanol–water partition coefficient (Wildman–Crippen LogP) is 3.99. The molecule has 4 nitrogen and oxygen atoms in total. The molecule has 4 rings (SSSR count). The second-order valence-corrected chi connectivity index (χ2v) is 10.1. The van der Waals surface area contributed by atoms with Crippen molar-refractivity contribution in [3.63, 3.8) is 0 Å². The van der Waals surface area contributed by atoms with Crippen LogP contribution in [0.5, 0.6) is 5.75 Å². The standard InChI is InChI=1S/C22H26FNO3S/c1-14-10-18-17(19(23)11-14)13-20(24-8-4-5-9-24)22(18)27-16-6-7-21(15(2)12-16)28(3,25)26/h6-7,10-12,20,22H,4-5,8-9,13H2,1-3H3. The fourth-order valence-electron chi connectivity index (χ4n) is 4.59. The molecular formula is C22H26FNO3S. The maximum atomic E-state index is 14.6. The molecule has 150 valence electrons. The normalized spacial score (nSPS) is 22.4. The lowest BCUT2D eigenvalue weighted by Gasteiger charge is -2.30. The average molecular weight is 404 g/mol. The Bertz CT molecular complexity index is 1010. The Hall–Kier alpha value is -1.92. The van der Waals surface area contributed by atoms with Crippen molar-refractivity contribution >= 4 is 9.84 Å². The summed E-state index contributed by atoms with van der Waals surface area (Å²) >= 11 is 0. The zero-order chi connectivity index (χ0) is 20.1. The van der Waals surface area contributed by atoms with Crippen molar-refractivity contribution in [1.82, 2.24) is 4.90 Å². The number of hydrogen-bond acceptors (Lipinski definition) is 4. The van der Waals surface area contributed by atoms with Crippen LogP contribution in [0.1, 0.15) is 41.2 Å². The monoisotopic (exact) mass is 403 g/mol. The number of likely N-dealkylation sites (tertiary alicyclic amines) is 1. The Kier molecular flexibility index (Phi) is 4.96. The lowest BCUT2D eigenvalue weighted by molar-refractivity contribution is 0.0939. The molecule has 0 saturated carbocycles. The minimum absolute atomic E-state index is 0.101. The van der Waals surface area contributed by atoms with Crippen molar-refractivity contribution in [1.29, 1.82) is 0 Å². The molecule has 1 aliphatic carbocycles. The maximum Gasteiger partial charge on any atom is 0.175 e. The van der Waals surface area contributed by atoms with Crippen LogP contribution < -0.4 is 4.74 Å². The Morgan fingerprint density at radius 1 is 1.11 bits per heavy atom. The molecule has 1 aliphatic heterocycles. The number of aryl methyl sites for hydroxylation is 2. The van der Waals surface area contributed by atoms with E-state index in [0.29, 0.717) is 22.6 Å². The van der Waals surface area contributed by atoms with Gasteiger partial charge >= 0.3 is 0 Å². The molecule has 0 N–H and O–H groups in total. The van der Waals surface area contributed by atoms with E-state index >= 15 is 0 Å². The zero-order valence-corrected chi connectivity index (χ0v) is 17.4. The molecule has 2 atom stereocenters. The highest BCUT2D eigenvalue weighted by molar-refractivity contribution is 7.90. The fourth-order valence-corrected chi connectivity index (χ4v) is 5.54. The van der Waals surface area contributed by atoms with Crippen LogP contribution in [0.15, 0.2) is 35.2 Å². The summed E-state index contributed by atoms with van der Waals surface area (Å²) in [6.45, 7) is 5.68. The lowest BCUT2D eigenvalue weighted by Crippen LogP contribution is -2.38. The van der Waals surface area contributed by atoms with Gasteiger partial charge in [-0.25, -0.2) is 12.8 Å². The van der Waals surface area contributed by atoms with Crippen molar-refractivity contribution in [2.45, 2.75) is 50.2 Å². The highest BCUT2D eigenvalue weighted by Crippen LogP contribution is 2.41. The maximum absolute atomic E-state index is 14.6. The highest BCUT2D eigenvalue weighted by atomic mass is 32.2. The quantitative estimate of drug-likeness (QED) is 0.775. The molecule has 0 bridgehead atoms. The van der Waals surface area contributed by atoms with Gasteiger partial charge in [0.1, 0.15) is 17.7 Å². The second kappa shape index (κ2) is 7.16. The van der Waals surface area contributed by atoms with E-state index in [1.165, 1.54) is 6.26 Å². The molecule has 0 spiro atoms. The summed E-state index contributed by atoms with van der Waals surface area (Å²) in [5.74, 6) is 0.461. The van der Waals surface area contributed by atoms with Gasteiger partial charge in [0.05, 0.1) is 10.9 Å². The molecule has 1 saturated heterocycles. The van der Waals surface area contributed by atoms with Crippen LogP contribution >= 0.6 is 0 Å². The zero-order valence-electron chi connectivity index (χ0n) is 16.5. The minimum Gasteiger partial charge on any atom is -0.484 e. The number of halogens is 1. The third-order valence-corrected chi connectivity index (χ3v) is 7.12. The minimum atomic E-state index is -3.27. The van der Waals surface area contributed by atoms with Gasteiger partial charge in [0.25, 0.3) is 0 Å². The number of fused-ring (bicyclic) bond motifs is 1. The van der Waals surface area contributed by atoms with Gasteiger partial charge in [-0.15, -0.1) is 0 Å². The first-order valence-corrected chi connectivity index (χ1v) is 11.6. The van der Waals surface area contributed by atoms with Crippen LogP contribution in [0.3, 0.4) is 0 Å². The first kappa shape index (κ1) is 19.4. The first-order chi connectivity index (χ1) is 13.2. The third kappa shape index (κ3) is 3.55. The summed E-state index contributed by atoms with van der Waals surface area (Å²) in [4.78, 5) is 2.71. The molecule has 2 aliphatic rings. The van der Waals surface area contributed by atoms with Gasteiger partial charge in [-0.2, -0.15) is 0 Å². The fraction of sp³-hybridized carbons (Fsp3) is 0.455. The van der Waals surface area contributed by atoms with Crippen molar-refractivity contribution in [2.75, 3.05) is 19.3 Å². The van der Waals surface area contributed by atoms with Gasteiger partial charge in [0.2, 0.25) is 0 Å². The van der Waals surface area contributed by atoms with Crippen molar-refractivity contribution in [3.05, 3.63) is 58.4 Å². The molecule has 2 aromatic carbocycles. The largest absolute Gasteiger partial charge is 0.484 e. The number of hydrogen-bond donors (Lipinski definition) is 0. The van der Waals surface area contributed by atoms with E-state index in [2.05, 4.69) is 4.90 Å². The van der Waals surface area contributed by atoms with Crippen LogP contribution in [0, 0.1) is 19.7 Å². The van der Waals surface area contributed by atoms with Gasteiger partial charge < -0.3 is 4.74 Å². The number of nitrogens with zero attached hydrogens (tertiary/aromatic N) is 1. The Morgan fingerprint density at radius 2 is 1.82 bits per heavy atom. The van der Waals surface area contributed by atoms with Crippen LogP contribution in [-0.4, -0.2) is 38.7 Å². The molecule has 6 heteroatoms. The first-order valence-electron chi connectivity index (χ1n) is 9.74. The smallest absolute Gasteiger partial charge is 0.175 e. The third-order valence-electron chi connectivity index (χ3n) is 5.86. The Labute approximate surface area is 166 Å². The summed E-state index contributed by atoms with van der Waals surface area (Å²) in [7, 11) is -3.27. The molecule has 0 amide bonds. The lowest BCUT2D eigenvalue weighted by atomic mass is 10.1. The molecule has 1 heterocycles. The summed E-state index contributed by atoms with van der Waals surface area (Å²) in [5, 5.41) is 0. The molecule has 0 aromatic heterocycles. The van der Waals surface area contributed by atoms with Gasteiger partial charge in [-0.05, 0) is 87.2 Å². The summed E-state index contributed by atoms with van der Waals surface area (Å²) in [5.41, 5.74) is 3.21. The molecular weight excluding hydrogens is 377 g/mol. The van der Waals surface area contributed by atoms with Crippen molar-refractivity contribution in [2.24, 2.45) is 0 Å². The molecule has 28 heavy (non-hydrogen) atoms. The average Bonchev–Trinajstić information content (AvgIpc) is 3.22. The topological polar surface area (TPSA) is 46.6 Å². The van der Waals surface area contributed by atoms with Crippen molar-refractivity contribution < 1.29 is 17.5 Å². The number of rotatable bonds is 4. The van der Waals surface area contributed by atoms with Crippen LogP contribution in [0.2, 0.25) is 0 Å². The van der Waals surface area contributed by atoms with Crippen LogP contribution in [-0.2, 0) is 16.3 Å². The van der Waals surface area contributed by atoms with E-state index in [4.69, 9.17) is 4.74 Å². The number of benzene rings is 2. The van der Waals surface area contributed by atoms with Gasteiger partial charge in [-0.3, -0.25) is 4.90 Å². The Balaban J connectivity index is 1.70. The van der Waals surface area contributed by atoms with Gasteiger partial charge in [-0.1, -0.05) is 6.07 Å². The second-order valence-electron chi connectivity index (χ2n) is 8.07. The van der Waals surface area contributed by atoms with E-state index in [-0.39, 0.29) is 18.0 Å².